The lowest BCUT2D eigenvalue weighted by Crippen LogP contribution is -2.44. The highest BCUT2D eigenvalue weighted by atomic mass is 16.3. The number of aliphatic hydroxyl groups is 1. The average molecular weight is 250 g/mol. The molecule has 0 aromatic heterocycles. The number of hydrogen-bond donors (Lipinski definition) is 2. The summed E-state index contributed by atoms with van der Waals surface area (Å²) >= 11 is 0. The molecular weight excluding hydrogens is 224 g/mol. The van der Waals surface area contributed by atoms with E-state index in [2.05, 4.69) is 24.0 Å². The Balaban J connectivity index is 3.00. The monoisotopic (exact) mass is 250 g/mol. The van der Waals surface area contributed by atoms with E-state index in [-0.39, 0.29) is 12.1 Å². The minimum atomic E-state index is -0.718. The van der Waals surface area contributed by atoms with Gasteiger partial charge in [0.2, 0.25) is 0 Å². The third kappa shape index (κ3) is 4.09. The summed E-state index contributed by atoms with van der Waals surface area (Å²) in [5.41, 5.74) is 7.89. The van der Waals surface area contributed by atoms with Crippen molar-refractivity contribution in [2.45, 2.75) is 45.4 Å². The lowest BCUT2D eigenvalue weighted by Gasteiger charge is -2.35. The van der Waals surface area contributed by atoms with Crippen LogP contribution in [-0.2, 0) is 0 Å². The zero-order valence-corrected chi connectivity index (χ0v) is 12.1. The Kier molecular flexibility index (Phi) is 4.91. The van der Waals surface area contributed by atoms with E-state index >= 15 is 0 Å². The van der Waals surface area contributed by atoms with Crippen LogP contribution in [0.3, 0.4) is 0 Å². The van der Waals surface area contributed by atoms with Gasteiger partial charge in [-0.15, -0.1) is 0 Å². The number of rotatable bonds is 5. The highest BCUT2D eigenvalue weighted by Gasteiger charge is 2.26. The minimum absolute atomic E-state index is 0.0125. The van der Waals surface area contributed by atoms with E-state index in [4.69, 9.17) is 5.73 Å². The molecule has 2 atom stereocenters. The molecule has 0 fully saturated rings. The van der Waals surface area contributed by atoms with Gasteiger partial charge in [0, 0.05) is 18.6 Å². The number of nitrogens with two attached hydrogens (primary N) is 1. The Morgan fingerprint density at radius 2 is 1.89 bits per heavy atom. The van der Waals surface area contributed by atoms with Crippen molar-refractivity contribution in [2.75, 3.05) is 13.6 Å². The standard InChI is InChI=1S/C15H26N2O/c1-11-8-6-7-9-13(11)14(12(2)16)17(5)10-15(3,4)18/h6-9,12,14,18H,10,16H2,1-5H3. The van der Waals surface area contributed by atoms with Gasteiger partial charge in [0.05, 0.1) is 5.60 Å². The molecule has 3 N–H and O–H groups in total. The summed E-state index contributed by atoms with van der Waals surface area (Å²) in [6, 6.07) is 8.42. The summed E-state index contributed by atoms with van der Waals surface area (Å²) in [4.78, 5) is 2.13. The van der Waals surface area contributed by atoms with Crippen molar-refractivity contribution in [3.63, 3.8) is 0 Å². The Bertz CT molecular complexity index is 382. The predicted octanol–water partition coefficient (Wildman–Crippen LogP) is 2.09. The number of benzene rings is 1. The van der Waals surface area contributed by atoms with E-state index in [9.17, 15) is 5.11 Å². The highest BCUT2D eigenvalue weighted by Crippen LogP contribution is 2.26. The van der Waals surface area contributed by atoms with Gasteiger partial charge >= 0.3 is 0 Å². The van der Waals surface area contributed by atoms with Gasteiger partial charge in [0.25, 0.3) is 0 Å². The molecule has 1 rings (SSSR count). The van der Waals surface area contributed by atoms with Gasteiger partial charge in [-0.3, -0.25) is 4.90 Å². The third-order valence-corrected chi connectivity index (χ3v) is 3.12. The molecule has 0 radical (unpaired) electrons. The molecule has 0 aliphatic heterocycles. The number of likely N-dealkylation sites (N-methyl/N-ethyl adjacent to an activating group) is 1. The van der Waals surface area contributed by atoms with Gasteiger partial charge in [0.1, 0.15) is 0 Å². The maximum absolute atomic E-state index is 9.95. The third-order valence-electron chi connectivity index (χ3n) is 3.12. The van der Waals surface area contributed by atoms with Crippen molar-refractivity contribution in [1.29, 1.82) is 0 Å². The summed E-state index contributed by atoms with van der Waals surface area (Å²) in [6.45, 7) is 8.34. The molecule has 0 saturated heterocycles. The van der Waals surface area contributed by atoms with Crippen LogP contribution in [0.15, 0.2) is 24.3 Å². The molecule has 1 aromatic rings. The molecule has 0 saturated carbocycles. The largest absolute Gasteiger partial charge is 0.389 e. The van der Waals surface area contributed by atoms with Crippen LogP contribution in [0.4, 0.5) is 0 Å². The molecule has 3 heteroatoms. The lowest BCUT2D eigenvalue weighted by molar-refractivity contribution is 0.0277. The van der Waals surface area contributed by atoms with Crippen LogP contribution in [0, 0.1) is 6.92 Å². The molecule has 18 heavy (non-hydrogen) atoms. The maximum atomic E-state index is 9.95. The molecule has 0 aliphatic carbocycles. The van der Waals surface area contributed by atoms with Crippen LogP contribution < -0.4 is 5.73 Å². The van der Waals surface area contributed by atoms with Gasteiger partial charge in [-0.05, 0) is 45.9 Å². The van der Waals surface area contributed by atoms with Crippen molar-refractivity contribution < 1.29 is 5.11 Å². The zero-order valence-electron chi connectivity index (χ0n) is 12.1. The van der Waals surface area contributed by atoms with E-state index in [1.54, 1.807) is 0 Å². The van der Waals surface area contributed by atoms with E-state index in [0.717, 1.165) is 0 Å². The van der Waals surface area contributed by atoms with E-state index in [1.165, 1.54) is 11.1 Å². The van der Waals surface area contributed by atoms with Crippen molar-refractivity contribution in [1.82, 2.24) is 4.90 Å². The predicted molar refractivity (Wildman–Crippen MR) is 76.5 cm³/mol. The van der Waals surface area contributed by atoms with Gasteiger partial charge in [-0.2, -0.15) is 0 Å². The summed E-state index contributed by atoms with van der Waals surface area (Å²) in [5, 5.41) is 9.95. The van der Waals surface area contributed by atoms with Crippen LogP contribution in [0.25, 0.3) is 0 Å². The van der Waals surface area contributed by atoms with Gasteiger partial charge in [0.15, 0.2) is 0 Å². The topological polar surface area (TPSA) is 49.5 Å². The molecule has 0 heterocycles. The van der Waals surface area contributed by atoms with Gasteiger partial charge in [-0.25, -0.2) is 0 Å². The molecule has 1 aromatic carbocycles. The van der Waals surface area contributed by atoms with Crippen LogP contribution >= 0.6 is 0 Å². The fourth-order valence-corrected chi connectivity index (χ4v) is 2.55. The van der Waals surface area contributed by atoms with Crippen molar-refractivity contribution in [2.24, 2.45) is 5.73 Å². The first-order valence-corrected chi connectivity index (χ1v) is 6.46. The first kappa shape index (κ1) is 15.2. The molecule has 0 amide bonds. The first-order valence-electron chi connectivity index (χ1n) is 6.46. The van der Waals surface area contributed by atoms with Gasteiger partial charge in [-0.1, -0.05) is 24.3 Å². The average Bonchev–Trinajstić information content (AvgIpc) is 2.17. The quantitative estimate of drug-likeness (QED) is 0.841. The summed E-state index contributed by atoms with van der Waals surface area (Å²) in [5.74, 6) is 0. The van der Waals surface area contributed by atoms with E-state index < -0.39 is 5.60 Å². The lowest BCUT2D eigenvalue weighted by atomic mass is 9.94. The second kappa shape index (κ2) is 5.83. The highest BCUT2D eigenvalue weighted by molar-refractivity contribution is 5.29. The molecule has 3 nitrogen and oxygen atoms in total. The van der Waals surface area contributed by atoms with Crippen LogP contribution in [0.2, 0.25) is 0 Å². The Labute approximate surface area is 111 Å². The number of aryl methyl sites for hydroxylation is 1. The Hall–Kier alpha value is -0.900. The number of hydrogen-bond acceptors (Lipinski definition) is 3. The van der Waals surface area contributed by atoms with Crippen LogP contribution in [0.1, 0.15) is 37.9 Å². The summed E-state index contributed by atoms with van der Waals surface area (Å²) in [7, 11) is 2.01. The molecule has 0 aliphatic rings. The van der Waals surface area contributed by atoms with Crippen LogP contribution in [0.5, 0.6) is 0 Å². The molecule has 102 valence electrons. The molecular formula is C15H26N2O. The second-order valence-electron chi connectivity index (χ2n) is 5.89. The fourth-order valence-electron chi connectivity index (χ4n) is 2.55. The smallest absolute Gasteiger partial charge is 0.0718 e. The number of nitrogens with zero attached hydrogens (tertiary/aromatic N) is 1. The summed E-state index contributed by atoms with van der Waals surface area (Å²) < 4.78 is 0. The summed E-state index contributed by atoms with van der Waals surface area (Å²) in [6.07, 6.45) is 0. The van der Waals surface area contributed by atoms with Crippen molar-refractivity contribution >= 4 is 0 Å². The van der Waals surface area contributed by atoms with E-state index in [1.807, 2.05) is 40.0 Å². The van der Waals surface area contributed by atoms with Gasteiger partial charge < -0.3 is 10.8 Å². The fraction of sp³-hybridized carbons (Fsp3) is 0.600. The molecule has 0 bridgehead atoms. The first-order chi connectivity index (χ1) is 8.22. The SMILES string of the molecule is Cc1ccccc1C(C(C)N)N(C)CC(C)(C)O. The minimum Gasteiger partial charge on any atom is -0.389 e. The normalized spacial score (nSPS) is 15.8. The van der Waals surface area contributed by atoms with Crippen LogP contribution in [-0.4, -0.2) is 35.2 Å². The van der Waals surface area contributed by atoms with Crippen molar-refractivity contribution in [3.8, 4) is 0 Å². The maximum Gasteiger partial charge on any atom is 0.0718 e. The molecule has 0 spiro atoms. The van der Waals surface area contributed by atoms with Crippen molar-refractivity contribution in [3.05, 3.63) is 35.4 Å². The Morgan fingerprint density at radius 1 is 1.33 bits per heavy atom. The zero-order chi connectivity index (χ0) is 13.9. The second-order valence-corrected chi connectivity index (χ2v) is 5.89. The Morgan fingerprint density at radius 3 is 2.33 bits per heavy atom. The van der Waals surface area contributed by atoms with E-state index in [0.29, 0.717) is 6.54 Å². The molecule has 2 unspecified atom stereocenters.